The molecule has 138 valence electrons. The summed E-state index contributed by atoms with van der Waals surface area (Å²) >= 11 is 1.25. The highest BCUT2D eigenvalue weighted by Crippen LogP contribution is 2.27. The van der Waals surface area contributed by atoms with Crippen LogP contribution in [0.5, 0.6) is 0 Å². The smallest absolute Gasteiger partial charge is 0.274 e. The van der Waals surface area contributed by atoms with Gasteiger partial charge in [-0.05, 0) is 37.6 Å². The molecule has 0 atom stereocenters. The fraction of sp³-hybridized carbons (Fsp3) is 0.158. The molecule has 0 radical (unpaired) electrons. The number of nitrogens with zero attached hydrogens (tertiary/aromatic N) is 2. The lowest BCUT2D eigenvalue weighted by molar-refractivity contribution is -0.385. The third-order valence-corrected chi connectivity index (χ3v) is 5.22. The Kier molecular flexibility index (Phi) is 5.27. The zero-order valence-electron chi connectivity index (χ0n) is 14.7. The molecule has 0 saturated heterocycles. The van der Waals surface area contributed by atoms with E-state index in [9.17, 15) is 19.3 Å². The second-order valence-electron chi connectivity index (χ2n) is 5.99. The summed E-state index contributed by atoms with van der Waals surface area (Å²) in [6.07, 6.45) is 0.495. The molecule has 8 heteroatoms. The van der Waals surface area contributed by atoms with Crippen molar-refractivity contribution >= 4 is 28.6 Å². The van der Waals surface area contributed by atoms with E-state index in [1.54, 1.807) is 32.0 Å². The number of aryl methyl sites for hydroxylation is 1. The minimum Gasteiger partial charge on any atom is -0.321 e. The van der Waals surface area contributed by atoms with E-state index in [4.69, 9.17) is 0 Å². The molecule has 0 bridgehead atoms. The van der Waals surface area contributed by atoms with E-state index >= 15 is 0 Å². The number of carbonyl (C=O) groups excluding carboxylic acids is 1. The Morgan fingerprint density at radius 1 is 1.22 bits per heavy atom. The Hall–Kier alpha value is -3.13. The highest BCUT2D eigenvalue weighted by atomic mass is 32.1. The van der Waals surface area contributed by atoms with Crippen molar-refractivity contribution in [2.24, 2.45) is 0 Å². The number of carbonyl (C=O) groups is 1. The first-order valence-electron chi connectivity index (χ1n) is 8.11. The fourth-order valence-corrected chi connectivity index (χ4v) is 3.65. The minimum atomic E-state index is -0.482. The Balaban J connectivity index is 1.80. The highest BCUT2D eigenvalue weighted by molar-refractivity contribution is 7.14. The summed E-state index contributed by atoms with van der Waals surface area (Å²) in [5.74, 6) is -0.666. The van der Waals surface area contributed by atoms with Gasteiger partial charge >= 0.3 is 0 Å². The maximum absolute atomic E-state index is 13.0. The average molecular weight is 385 g/mol. The monoisotopic (exact) mass is 385 g/mol. The SMILES string of the molecule is Cc1nc(Cc2ccc(F)cc2)sc1C(=O)Nc1cccc([N+](=O)[O-])c1C. The number of hydrogen-bond donors (Lipinski definition) is 1. The molecule has 0 fully saturated rings. The Labute approximate surface area is 158 Å². The number of aromatic nitrogens is 1. The van der Waals surface area contributed by atoms with Crippen molar-refractivity contribution in [1.29, 1.82) is 0 Å². The fourth-order valence-electron chi connectivity index (χ4n) is 2.65. The van der Waals surface area contributed by atoms with Gasteiger partial charge in [-0.25, -0.2) is 9.37 Å². The molecule has 3 aromatic rings. The molecule has 27 heavy (non-hydrogen) atoms. The molecule has 1 aromatic heterocycles. The summed E-state index contributed by atoms with van der Waals surface area (Å²) in [6.45, 7) is 3.33. The Bertz CT molecular complexity index is 1020. The van der Waals surface area contributed by atoms with Crippen molar-refractivity contribution in [2.45, 2.75) is 20.3 Å². The van der Waals surface area contributed by atoms with Crippen molar-refractivity contribution in [3.05, 3.63) is 85.1 Å². The largest absolute Gasteiger partial charge is 0.321 e. The molecule has 1 heterocycles. The van der Waals surface area contributed by atoms with Crippen LogP contribution in [0.4, 0.5) is 15.8 Å². The molecular formula is C19H16FN3O3S. The number of nitro groups is 1. The third kappa shape index (κ3) is 4.17. The van der Waals surface area contributed by atoms with E-state index in [-0.39, 0.29) is 17.4 Å². The number of hydrogen-bond acceptors (Lipinski definition) is 5. The summed E-state index contributed by atoms with van der Waals surface area (Å²) < 4.78 is 13.0. The van der Waals surface area contributed by atoms with Crippen molar-refractivity contribution in [2.75, 3.05) is 5.32 Å². The third-order valence-electron chi connectivity index (χ3n) is 4.07. The van der Waals surface area contributed by atoms with E-state index in [1.807, 2.05) is 0 Å². The molecule has 0 aliphatic carbocycles. The Morgan fingerprint density at radius 3 is 2.59 bits per heavy atom. The van der Waals surface area contributed by atoms with Crippen LogP contribution in [-0.4, -0.2) is 15.8 Å². The molecule has 0 aliphatic rings. The molecule has 2 aromatic carbocycles. The van der Waals surface area contributed by atoms with Gasteiger partial charge in [0.25, 0.3) is 11.6 Å². The van der Waals surface area contributed by atoms with Crippen LogP contribution in [-0.2, 0) is 6.42 Å². The van der Waals surface area contributed by atoms with Crippen molar-refractivity contribution in [3.8, 4) is 0 Å². The van der Waals surface area contributed by atoms with E-state index in [0.29, 0.717) is 28.2 Å². The summed E-state index contributed by atoms with van der Waals surface area (Å²) in [5, 5.41) is 14.5. The number of nitro benzene ring substituents is 1. The van der Waals surface area contributed by atoms with Gasteiger partial charge in [0.1, 0.15) is 10.7 Å². The number of thiazole rings is 1. The number of nitrogens with one attached hydrogen (secondary N) is 1. The number of rotatable bonds is 5. The first kappa shape index (κ1) is 18.7. The molecule has 0 unspecified atom stereocenters. The molecular weight excluding hydrogens is 369 g/mol. The van der Waals surface area contributed by atoms with Gasteiger partial charge in [-0.15, -0.1) is 11.3 Å². The molecule has 0 aliphatic heterocycles. The standard InChI is InChI=1S/C19H16FN3O3S/c1-11-15(4-3-5-16(11)23(25)26)22-19(24)18-12(2)21-17(27-18)10-13-6-8-14(20)9-7-13/h3-9H,10H2,1-2H3,(H,22,24). The molecule has 6 nitrogen and oxygen atoms in total. The molecule has 3 rings (SSSR count). The summed E-state index contributed by atoms with van der Waals surface area (Å²) in [5.41, 5.74) is 2.21. The van der Waals surface area contributed by atoms with Crippen LogP contribution in [0.2, 0.25) is 0 Å². The van der Waals surface area contributed by atoms with Gasteiger partial charge in [0.05, 0.1) is 26.9 Å². The summed E-state index contributed by atoms with van der Waals surface area (Å²) in [6, 6.07) is 10.7. The van der Waals surface area contributed by atoms with Gasteiger partial charge in [0.15, 0.2) is 0 Å². The van der Waals surface area contributed by atoms with E-state index in [1.165, 1.54) is 35.6 Å². The number of amides is 1. The lowest BCUT2D eigenvalue weighted by Crippen LogP contribution is -2.13. The van der Waals surface area contributed by atoms with Gasteiger partial charge in [-0.3, -0.25) is 14.9 Å². The highest BCUT2D eigenvalue weighted by Gasteiger charge is 2.19. The number of halogens is 1. The first-order chi connectivity index (χ1) is 12.8. The first-order valence-corrected chi connectivity index (χ1v) is 8.93. The maximum Gasteiger partial charge on any atom is 0.274 e. The lowest BCUT2D eigenvalue weighted by Gasteiger charge is -2.07. The number of benzene rings is 2. The quantitative estimate of drug-likeness (QED) is 0.512. The topological polar surface area (TPSA) is 85.1 Å². The van der Waals surface area contributed by atoms with Gasteiger partial charge in [-0.1, -0.05) is 18.2 Å². The van der Waals surface area contributed by atoms with E-state index in [2.05, 4.69) is 10.3 Å². The van der Waals surface area contributed by atoms with Crippen molar-refractivity contribution in [3.63, 3.8) is 0 Å². The normalized spacial score (nSPS) is 10.6. The summed E-state index contributed by atoms with van der Waals surface area (Å²) in [7, 11) is 0. The van der Waals surface area contributed by atoms with Crippen LogP contribution in [0.1, 0.15) is 31.5 Å². The van der Waals surface area contributed by atoms with Crippen LogP contribution < -0.4 is 5.32 Å². The van der Waals surface area contributed by atoms with Gasteiger partial charge in [-0.2, -0.15) is 0 Å². The van der Waals surface area contributed by atoms with Crippen LogP contribution in [0.25, 0.3) is 0 Å². The minimum absolute atomic E-state index is 0.0502. The molecule has 1 amide bonds. The maximum atomic E-state index is 13.0. The predicted molar refractivity (Wildman–Crippen MR) is 102 cm³/mol. The average Bonchev–Trinajstić information content (AvgIpc) is 2.99. The van der Waals surface area contributed by atoms with Gasteiger partial charge < -0.3 is 5.32 Å². The van der Waals surface area contributed by atoms with Gasteiger partial charge in [0.2, 0.25) is 0 Å². The number of anilines is 1. The van der Waals surface area contributed by atoms with Crippen LogP contribution in [0.15, 0.2) is 42.5 Å². The van der Waals surface area contributed by atoms with Crippen LogP contribution in [0.3, 0.4) is 0 Å². The second-order valence-corrected chi connectivity index (χ2v) is 7.07. The van der Waals surface area contributed by atoms with Crippen LogP contribution in [0, 0.1) is 29.8 Å². The van der Waals surface area contributed by atoms with Crippen molar-refractivity contribution in [1.82, 2.24) is 4.98 Å². The zero-order chi connectivity index (χ0) is 19.6. The van der Waals surface area contributed by atoms with Gasteiger partial charge in [0, 0.05) is 12.5 Å². The van der Waals surface area contributed by atoms with E-state index < -0.39 is 4.92 Å². The predicted octanol–water partition coefficient (Wildman–Crippen LogP) is 4.65. The van der Waals surface area contributed by atoms with E-state index in [0.717, 1.165) is 10.6 Å². The Morgan fingerprint density at radius 2 is 1.93 bits per heavy atom. The lowest BCUT2D eigenvalue weighted by atomic mass is 10.1. The summed E-state index contributed by atoms with van der Waals surface area (Å²) in [4.78, 5) is 28.0. The molecule has 0 saturated carbocycles. The molecule has 1 N–H and O–H groups in total. The van der Waals surface area contributed by atoms with Crippen molar-refractivity contribution < 1.29 is 14.1 Å². The zero-order valence-corrected chi connectivity index (χ0v) is 15.5. The second kappa shape index (κ2) is 7.63. The van der Waals surface area contributed by atoms with Crippen LogP contribution >= 0.6 is 11.3 Å². The molecule has 0 spiro atoms.